The van der Waals surface area contributed by atoms with Crippen molar-refractivity contribution in [2.45, 2.75) is 12.8 Å². The van der Waals surface area contributed by atoms with E-state index >= 15 is 0 Å². The van der Waals surface area contributed by atoms with Crippen molar-refractivity contribution in [3.05, 3.63) is 46.0 Å². The largest absolute Gasteiger partial charge is 0.477 e. The summed E-state index contributed by atoms with van der Waals surface area (Å²) in [6.45, 7) is 0.578. The normalized spacial score (nSPS) is 10.3. The lowest BCUT2D eigenvalue weighted by atomic mass is 10.1. The van der Waals surface area contributed by atoms with Crippen molar-refractivity contribution in [1.82, 2.24) is 15.0 Å². The maximum absolute atomic E-state index is 5.84. The van der Waals surface area contributed by atoms with Crippen molar-refractivity contribution >= 4 is 27.5 Å². The number of hydrogen-bond acceptors (Lipinski definition) is 4. The van der Waals surface area contributed by atoms with Crippen molar-refractivity contribution in [3.63, 3.8) is 0 Å². The maximum Gasteiger partial charge on any atom is 0.232 e. The zero-order valence-electron chi connectivity index (χ0n) is 9.51. The fourth-order valence-electron chi connectivity index (χ4n) is 1.43. The van der Waals surface area contributed by atoms with Gasteiger partial charge in [0.05, 0.1) is 6.61 Å². The van der Waals surface area contributed by atoms with Crippen LogP contribution in [0.25, 0.3) is 0 Å². The Bertz CT molecular complexity index is 510. The maximum atomic E-state index is 5.84. The van der Waals surface area contributed by atoms with E-state index in [4.69, 9.17) is 16.3 Å². The lowest BCUT2D eigenvalue weighted by molar-refractivity contribution is 0.296. The number of aromatic nitrogens is 3. The van der Waals surface area contributed by atoms with Crippen molar-refractivity contribution in [3.8, 4) is 5.88 Å². The average molecular weight is 329 g/mol. The van der Waals surface area contributed by atoms with Gasteiger partial charge in [-0.3, -0.25) is 4.98 Å². The van der Waals surface area contributed by atoms with Crippen molar-refractivity contribution in [2.75, 3.05) is 6.61 Å². The standard InChI is InChI=1S/C12H11BrClN3O/c13-10-11(14)16-8-17-12(10)18-7-1-2-9-3-5-15-6-4-9/h3-6,8H,1-2,7H2. The molecule has 0 saturated heterocycles. The van der Waals surface area contributed by atoms with E-state index in [1.165, 1.54) is 11.9 Å². The van der Waals surface area contributed by atoms with Crippen LogP contribution in [0.15, 0.2) is 35.3 Å². The number of ether oxygens (including phenoxy) is 1. The molecule has 0 amide bonds. The smallest absolute Gasteiger partial charge is 0.232 e. The second kappa shape index (κ2) is 6.66. The molecule has 6 heteroatoms. The topological polar surface area (TPSA) is 47.9 Å². The van der Waals surface area contributed by atoms with Crippen LogP contribution >= 0.6 is 27.5 Å². The Labute approximate surface area is 119 Å². The molecule has 2 rings (SSSR count). The van der Waals surface area contributed by atoms with Crippen LogP contribution < -0.4 is 4.74 Å². The molecule has 0 aliphatic heterocycles. The average Bonchev–Trinajstić information content (AvgIpc) is 2.40. The van der Waals surface area contributed by atoms with Gasteiger partial charge in [0, 0.05) is 12.4 Å². The van der Waals surface area contributed by atoms with Crippen LogP contribution in [-0.4, -0.2) is 21.6 Å². The van der Waals surface area contributed by atoms with Gasteiger partial charge in [0.25, 0.3) is 0 Å². The molecule has 0 aliphatic rings. The highest BCUT2D eigenvalue weighted by molar-refractivity contribution is 9.10. The number of nitrogens with zero attached hydrogens (tertiary/aromatic N) is 3. The molecule has 0 fully saturated rings. The summed E-state index contributed by atoms with van der Waals surface area (Å²) in [5.74, 6) is 0.477. The lowest BCUT2D eigenvalue weighted by Crippen LogP contribution is -2.02. The van der Waals surface area contributed by atoms with Crippen molar-refractivity contribution < 1.29 is 4.74 Å². The van der Waals surface area contributed by atoms with E-state index in [1.54, 1.807) is 12.4 Å². The number of halogens is 2. The highest BCUT2D eigenvalue weighted by Crippen LogP contribution is 2.27. The van der Waals surface area contributed by atoms with E-state index in [-0.39, 0.29) is 0 Å². The molecule has 0 aliphatic carbocycles. The summed E-state index contributed by atoms with van der Waals surface area (Å²) in [7, 11) is 0. The molecule has 4 nitrogen and oxygen atoms in total. The van der Waals surface area contributed by atoms with Gasteiger partial charge in [-0.05, 0) is 46.5 Å². The molecule has 0 N–H and O–H groups in total. The Kier molecular flexibility index (Phi) is 4.90. The highest BCUT2D eigenvalue weighted by Gasteiger charge is 2.07. The van der Waals surface area contributed by atoms with Gasteiger partial charge in [0.1, 0.15) is 10.8 Å². The molecular formula is C12H11BrClN3O. The molecule has 18 heavy (non-hydrogen) atoms. The summed E-state index contributed by atoms with van der Waals surface area (Å²) in [6, 6.07) is 3.99. The molecule has 0 spiro atoms. The number of rotatable bonds is 5. The first-order valence-corrected chi connectivity index (χ1v) is 6.62. The number of aryl methyl sites for hydroxylation is 1. The summed E-state index contributed by atoms with van der Waals surface area (Å²) >= 11 is 9.12. The third kappa shape index (κ3) is 3.65. The van der Waals surface area contributed by atoms with Gasteiger partial charge in [-0.2, -0.15) is 0 Å². The number of pyridine rings is 1. The molecule has 2 heterocycles. The Balaban J connectivity index is 1.81. The van der Waals surface area contributed by atoms with Gasteiger partial charge >= 0.3 is 0 Å². The second-order valence-electron chi connectivity index (χ2n) is 3.59. The summed E-state index contributed by atoms with van der Waals surface area (Å²) < 4.78 is 6.13. The van der Waals surface area contributed by atoms with Gasteiger partial charge < -0.3 is 4.74 Å². The summed E-state index contributed by atoms with van der Waals surface area (Å²) in [6.07, 6.45) is 6.80. The fourth-order valence-corrected chi connectivity index (χ4v) is 1.87. The van der Waals surface area contributed by atoms with E-state index in [1.807, 2.05) is 12.1 Å². The van der Waals surface area contributed by atoms with Crippen LogP contribution in [0.1, 0.15) is 12.0 Å². The van der Waals surface area contributed by atoms with Crippen LogP contribution in [-0.2, 0) is 6.42 Å². The predicted octanol–water partition coefficient (Wildman–Crippen LogP) is 3.30. The predicted molar refractivity (Wildman–Crippen MR) is 72.8 cm³/mol. The van der Waals surface area contributed by atoms with Crippen LogP contribution in [0, 0.1) is 0 Å². The van der Waals surface area contributed by atoms with Gasteiger partial charge in [-0.15, -0.1) is 0 Å². The molecule has 94 valence electrons. The minimum absolute atomic E-state index is 0.356. The van der Waals surface area contributed by atoms with E-state index in [9.17, 15) is 0 Å². The van der Waals surface area contributed by atoms with Crippen LogP contribution in [0.5, 0.6) is 5.88 Å². The zero-order valence-corrected chi connectivity index (χ0v) is 11.9. The molecule has 0 atom stereocenters. The molecule has 2 aromatic rings. The third-order valence-electron chi connectivity index (χ3n) is 2.31. The van der Waals surface area contributed by atoms with E-state index in [0.29, 0.717) is 22.1 Å². The van der Waals surface area contributed by atoms with Gasteiger partial charge in [0.2, 0.25) is 5.88 Å². The summed E-state index contributed by atoms with van der Waals surface area (Å²) in [5, 5.41) is 0.356. The first kappa shape index (κ1) is 13.2. The Hall–Kier alpha value is -1.20. The van der Waals surface area contributed by atoms with E-state index in [2.05, 4.69) is 30.9 Å². The summed E-state index contributed by atoms with van der Waals surface area (Å²) in [4.78, 5) is 11.8. The first-order chi connectivity index (χ1) is 8.77. The lowest BCUT2D eigenvalue weighted by Gasteiger charge is -2.07. The molecule has 0 unspecified atom stereocenters. The third-order valence-corrected chi connectivity index (χ3v) is 3.54. The Morgan fingerprint density at radius 3 is 2.78 bits per heavy atom. The second-order valence-corrected chi connectivity index (χ2v) is 4.74. The highest BCUT2D eigenvalue weighted by atomic mass is 79.9. The van der Waals surface area contributed by atoms with Gasteiger partial charge in [-0.1, -0.05) is 11.6 Å². The van der Waals surface area contributed by atoms with Crippen LogP contribution in [0.2, 0.25) is 5.15 Å². The quantitative estimate of drug-likeness (QED) is 0.624. The van der Waals surface area contributed by atoms with Gasteiger partial charge in [-0.25, -0.2) is 9.97 Å². The molecule has 0 aromatic carbocycles. The van der Waals surface area contributed by atoms with Crippen molar-refractivity contribution in [2.24, 2.45) is 0 Å². The van der Waals surface area contributed by atoms with Crippen molar-refractivity contribution in [1.29, 1.82) is 0 Å². The van der Waals surface area contributed by atoms with Crippen LogP contribution in [0.4, 0.5) is 0 Å². The molecule has 2 aromatic heterocycles. The number of hydrogen-bond donors (Lipinski definition) is 0. The summed E-state index contributed by atoms with van der Waals surface area (Å²) in [5.41, 5.74) is 1.24. The Morgan fingerprint density at radius 1 is 1.22 bits per heavy atom. The zero-order chi connectivity index (χ0) is 12.8. The van der Waals surface area contributed by atoms with E-state index < -0.39 is 0 Å². The fraction of sp³-hybridized carbons (Fsp3) is 0.250. The molecule has 0 bridgehead atoms. The minimum Gasteiger partial charge on any atom is -0.477 e. The monoisotopic (exact) mass is 327 g/mol. The minimum atomic E-state index is 0.356. The Morgan fingerprint density at radius 2 is 2.00 bits per heavy atom. The molecule has 0 radical (unpaired) electrons. The molecule has 0 saturated carbocycles. The SMILES string of the molecule is Clc1ncnc(OCCCc2ccncc2)c1Br. The first-order valence-electron chi connectivity index (χ1n) is 5.45. The van der Waals surface area contributed by atoms with Crippen LogP contribution in [0.3, 0.4) is 0 Å². The van der Waals surface area contributed by atoms with E-state index in [0.717, 1.165) is 12.8 Å². The molecular weight excluding hydrogens is 318 g/mol. The van der Waals surface area contributed by atoms with Gasteiger partial charge in [0.15, 0.2) is 5.15 Å².